The molecule has 0 radical (unpaired) electrons. The Bertz CT molecular complexity index is 1130. The number of fused-ring (bicyclic) bond motifs is 1. The zero-order valence-corrected chi connectivity index (χ0v) is 16.5. The van der Waals surface area contributed by atoms with Crippen molar-refractivity contribution in [2.75, 3.05) is 13.7 Å². The second kappa shape index (κ2) is 8.21. The van der Waals surface area contributed by atoms with Crippen LogP contribution in [0.25, 0.3) is 6.08 Å². The quantitative estimate of drug-likeness (QED) is 0.453. The van der Waals surface area contributed by atoms with Gasteiger partial charge in [-0.25, -0.2) is 0 Å². The first-order valence-corrected chi connectivity index (χ1v) is 9.35. The van der Waals surface area contributed by atoms with Crippen LogP contribution in [0.3, 0.4) is 0 Å². The van der Waals surface area contributed by atoms with E-state index in [1.807, 2.05) is 0 Å². The van der Waals surface area contributed by atoms with Gasteiger partial charge < -0.3 is 14.2 Å². The van der Waals surface area contributed by atoms with E-state index in [9.17, 15) is 9.59 Å². The maximum Gasteiger partial charge on any atom is 0.231 e. The van der Waals surface area contributed by atoms with Crippen LogP contribution in [0.5, 0.6) is 17.2 Å². The molecule has 150 valence electrons. The van der Waals surface area contributed by atoms with Crippen LogP contribution < -0.4 is 14.2 Å². The first-order chi connectivity index (χ1) is 14.6. The van der Waals surface area contributed by atoms with Crippen molar-refractivity contribution in [1.29, 1.82) is 0 Å². The molecule has 0 saturated carbocycles. The van der Waals surface area contributed by atoms with Crippen molar-refractivity contribution >= 4 is 17.6 Å². The number of carbonyl (C=O) groups is 2. The number of nitrogens with zero attached hydrogens (tertiary/aromatic N) is 1. The predicted molar refractivity (Wildman–Crippen MR) is 111 cm³/mol. The Morgan fingerprint density at radius 2 is 1.80 bits per heavy atom. The lowest BCUT2D eigenvalue weighted by molar-refractivity contribution is 0.0920. The van der Waals surface area contributed by atoms with Crippen molar-refractivity contribution in [2.45, 2.75) is 6.92 Å². The number of aromatic nitrogens is 1. The van der Waals surface area contributed by atoms with Crippen LogP contribution in [-0.2, 0) is 0 Å². The number of ether oxygens (including phenoxy) is 3. The van der Waals surface area contributed by atoms with Gasteiger partial charge in [-0.15, -0.1) is 0 Å². The molecule has 0 spiro atoms. The normalized spacial score (nSPS) is 13.7. The van der Waals surface area contributed by atoms with Crippen molar-refractivity contribution < 1.29 is 23.8 Å². The maximum absolute atomic E-state index is 12.7. The topological polar surface area (TPSA) is 74.7 Å². The molecule has 1 aliphatic rings. The molecule has 6 nitrogen and oxygen atoms in total. The van der Waals surface area contributed by atoms with E-state index in [0.717, 1.165) is 5.56 Å². The summed E-state index contributed by atoms with van der Waals surface area (Å²) >= 11 is 0. The van der Waals surface area contributed by atoms with Crippen molar-refractivity contribution in [2.24, 2.45) is 0 Å². The van der Waals surface area contributed by atoms with Crippen LogP contribution in [0.2, 0.25) is 0 Å². The molecule has 0 fully saturated rings. The highest BCUT2D eigenvalue weighted by Gasteiger charge is 2.30. The van der Waals surface area contributed by atoms with Gasteiger partial charge in [-0.1, -0.05) is 0 Å². The minimum absolute atomic E-state index is 0.125. The molecular weight excluding hydrogens is 382 g/mol. The third-order valence-corrected chi connectivity index (χ3v) is 4.81. The Hall–Kier alpha value is -3.93. The molecule has 30 heavy (non-hydrogen) atoms. The van der Waals surface area contributed by atoms with Gasteiger partial charge in [-0.05, 0) is 67.1 Å². The average Bonchev–Trinajstić information content (AvgIpc) is 3.10. The first kappa shape index (κ1) is 19.4. The molecule has 6 heteroatoms. The van der Waals surface area contributed by atoms with Crippen molar-refractivity contribution in [3.63, 3.8) is 0 Å². The van der Waals surface area contributed by atoms with Gasteiger partial charge in [0.05, 0.1) is 12.7 Å². The number of hydrogen-bond donors (Lipinski definition) is 0. The Labute approximate surface area is 173 Å². The van der Waals surface area contributed by atoms with E-state index in [1.54, 1.807) is 81.0 Å². The lowest BCUT2D eigenvalue weighted by Crippen LogP contribution is -2.12. The highest BCUT2D eigenvalue weighted by molar-refractivity contribution is 6.15. The zero-order valence-electron chi connectivity index (χ0n) is 16.5. The van der Waals surface area contributed by atoms with Gasteiger partial charge in [0.1, 0.15) is 17.2 Å². The van der Waals surface area contributed by atoms with Gasteiger partial charge in [0, 0.05) is 23.5 Å². The molecule has 2 heterocycles. The van der Waals surface area contributed by atoms with Gasteiger partial charge >= 0.3 is 0 Å². The van der Waals surface area contributed by atoms with Crippen LogP contribution in [0.15, 0.2) is 66.7 Å². The van der Waals surface area contributed by atoms with E-state index in [4.69, 9.17) is 14.2 Å². The number of carbonyl (C=O) groups excluding carboxylic acids is 2. The number of pyridine rings is 1. The second-order valence-corrected chi connectivity index (χ2v) is 6.73. The molecule has 0 aliphatic carbocycles. The summed E-state index contributed by atoms with van der Waals surface area (Å²) in [5, 5.41) is 0. The summed E-state index contributed by atoms with van der Waals surface area (Å²) in [6.07, 6.45) is 4.98. The first-order valence-electron chi connectivity index (χ1n) is 9.35. The third-order valence-electron chi connectivity index (χ3n) is 4.81. The summed E-state index contributed by atoms with van der Waals surface area (Å²) in [5.74, 6) is 1.52. The summed E-state index contributed by atoms with van der Waals surface area (Å²) < 4.78 is 16.6. The highest BCUT2D eigenvalue weighted by atomic mass is 16.5. The lowest BCUT2D eigenvalue weighted by atomic mass is 10.1. The predicted octanol–water partition coefficient (Wildman–Crippen LogP) is 4.28. The average molecular weight is 401 g/mol. The smallest absolute Gasteiger partial charge is 0.231 e. The molecule has 0 saturated heterocycles. The molecule has 0 N–H and O–H groups in total. The number of rotatable bonds is 6. The van der Waals surface area contributed by atoms with Gasteiger partial charge in [0.2, 0.25) is 5.78 Å². The minimum atomic E-state index is -0.189. The summed E-state index contributed by atoms with van der Waals surface area (Å²) in [4.78, 5) is 29.0. The fraction of sp³-hybridized carbons (Fsp3) is 0.125. The fourth-order valence-electron chi connectivity index (χ4n) is 3.14. The van der Waals surface area contributed by atoms with E-state index in [2.05, 4.69) is 4.98 Å². The molecule has 2 aromatic carbocycles. The monoisotopic (exact) mass is 401 g/mol. The Kier molecular flexibility index (Phi) is 5.30. The van der Waals surface area contributed by atoms with Gasteiger partial charge in [-0.2, -0.15) is 0 Å². The van der Waals surface area contributed by atoms with Gasteiger partial charge in [0.25, 0.3) is 0 Å². The van der Waals surface area contributed by atoms with Gasteiger partial charge in [-0.3, -0.25) is 14.6 Å². The fourth-order valence-corrected chi connectivity index (χ4v) is 3.14. The van der Waals surface area contributed by atoms with Crippen molar-refractivity contribution in [3.8, 4) is 17.2 Å². The number of methoxy groups -OCH3 is 1. The maximum atomic E-state index is 12.7. The van der Waals surface area contributed by atoms with Crippen molar-refractivity contribution in [1.82, 2.24) is 4.98 Å². The zero-order chi connectivity index (χ0) is 21.1. The van der Waals surface area contributed by atoms with E-state index in [0.29, 0.717) is 33.9 Å². The van der Waals surface area contributed by atoms with Crippen molar-refractivity contribution in [3.05, 3.63) is 88.9 Å². The lowest BCUT2D eigenvalue weighted by Gasteiger charge is -2.11. The largest absolute Gasteiger partial charge is 0.497 e. The van der Waals surface area contributed by atoms with Crippen LogP contribution in [-0.4, -0.2) is 30.3 Å². The molecule has 1 aliphatic heterocycles. The number of hydrogen-bond acceptors (Lipinski definition) is 6. The SMILES string of the molecule is COc1ccc(C(=O)COc2ccc3c(c2C)O/C(=C\c2ccncc2)C3=O)cc1. The second-order valence-electron chi connectivity index (χ2n) is 6.73. The molecule has 4 rings (SSSR count). The molecular formula is C24H19NO5. The molecule has 3 aromatic rings. The standard InChI is InChI=1S/C24H19NO5/c1-15-21(29-14-20(26)17-3-5-18(28-2)6-4-17)8-7-19-23(27)22(30-24(15)19)13-16-9-11-25-12-10-16/h3-13H,14H2,1-2H3/b22-13-. The third kappa shape index (κ3) is 3.80. The van der Waals surface area contributed by atoms with Gasteiger partial charge in [0.15, 0.2) is 18.1 Å². The summed E-state index contributed by atoms with van der Waals surface area (Å²) in [7, 11) is 1.57. The van der Waals surface area contributed by atoms with E-state index < -0.39 is 0 Å². The Balaban J connectivity index is 1.50. The van der Waals surface area contributed by atoms with Crippen LogP contribution in [0, 0.1) is 6.92 Å². The van der Waals surface area contributed by atoms with E-state index in [1.165, 1.54) is 0 Å². The molecule has 0 unspecified atom stereocenters. The molecule has 0 atom stereocenters. The van der Waals surface area contributed by atoms with Crippen LogP contribution in [0.4, 0.5) is 0 Å². The number of Topliss-reactive ketones (excluding diaryl/α,β-unsaturated/α-hetero) is 2. The Morgan fingerprint density at radius 1 is 1.07 bits per heavy atom. The molecule has 0 amide bonds. The number of ketones is 2. The molecule has 0 bridgehead atoms. The van der Waals surface area contributed by atoms with Crippen LogP contribution in [0.1, 0.15) is 31.8 Å². The summed E-state index contributed by atoms with van der Waals surface area (Å²) in [6, 6.07) is 13.8. The summed E-state index contributed by atoms with van der Waals surface area (Å²) in [5.41, 5.74) is 2.49. The number of benzene rings is 2. The molecule has 1 aromatic heterocycles. The minimum Gasteiger partial charge on any atom is -0.497 e. The highest BCUT2D eigenvalue weighted by Crippen LogP contribution is 2.39. The number of allylic oxidation sites excluding steroid dienone is 1. The Morgan fingerprint density at radius 3 is 2.50 bits per heavy atom. The van der Waals surface area contributed by atoms with Crippen LogP contribution >= 0.6 is 0 Å². The van der Waals surface area contributed by atoms with E-state index >= 15 is 0 Å². The van der Waals surface area contributed by atoms with E-state index in [-0.39, 0.29) is 23.9 Å². The summed E-state index contributed by atoms with van der Waals surface area (Å²) in [6.45, 7) is 1.67.